The molecule has 3 aromatic rings. The van der Waals surface area contributed by atoms with Gasteiger partial charge < -0.3 is 15.3 Å². The predicted molar refractivity (Wildman–Crippen MR) is 113 cm³/mol. The van der Waals surface area contributed by atoms with Gasteiger partial charge in [-0.2, -0.15) is 13.2 Å². The van der Waals surface area contributed by atoms with Crippen LogP contribution < -0.4 is 5.32 Å². The van der Waals surface area contributed by atoms with E-state index in [2.05, 4.69) is 5.32 Å². The number of halogens is 3. The van der Waals surface area contributed by atoms with Gasteiger partial charge in [0.1, 0.15) is 11.8 Å². The fraction of sp³-hybridized carbons (Fsp3) is 0.250. The Bertz CT molecular complexity index is 1180. The number of aromatic hydroxyl groups is 1. The maximum absolute atomic E-state index is 13.1. The average Bonchev–Trinajstić information content (AvgIpc) is 3.27. The third kappa shape index (κ3) is 4.26. The van der Waals surface area contributed by atoms with Crippen LogP contribution in [0.25, 0.3) is 10.8 Å². The first-order valence-corrected chi connectivity index (χ1v) is 10.2. The van der Waals surface area contributed by atoms with Crippen LogP contribution in [0.4, 0.5) is 13.2 Å². The van der Waals surface area contributed by atoms with E-state index in [4.69, 9.17) is 0 Å². The van der Waals surface area contributed by atoms with Crippen molar-refractivity contribution >= 4 is 22.6 Å². The molecule has 0 aliphatic carbocycles. The second-order valence-corrected chi connectivity index (χ2v) is 7.76. The van der Waals surface area contributed by atoms with Crippen LogP contribution in [0.3, 0.4) is 0 Å². The number of carbonyl (C=O) groups is 2. The van der Waals surface area contributed by atoms with E-state index >= 15 is 0 Å². The fourth-order valence-corrected chi connectivity index (χ4v) is 4.03. The maximum atomic E-state index is 13.1. The van der Waals surface area contributed by atoms with Gasteiger partial charge in [-0.25, -0.2) is 0 Å². The molecular formula is C24H21F3N2O3. The molecule has 0 saturated carbocycles. The summed E-state index contributed by atoms with van der Waals surface area (Å²) in [6, 6.07) is 14.4. The smallest absolute Gasteiger partial charge is 0.416 e. The Kier molecular flexibility index (Phi) is 5.78. The van der Waals surface area contributed by atoms with Crippen LogP contribution in [-0.4, -0.2) is 34.4 Å². The van der Waals surface area contributed by atoms with Crippen molar-refractivity contribution in [2.24, 2.45) is 0 Å². The number of nitrogens with one attached hydrogen (secondary N) is 1. The molecule has 32 heavy (non-hydrogen) atoms. The number of alkyl halides is 3. The summed E-state index contributed by atoms with van der Waals surface area (Å²) < 4.78 is 38.7. The number of amides is 2. The molecular weight excluding hydrogens is 421 g/mol. The third-order valence-electron chi connectivity index (χ3n) is 5.67. The quantitative estimate of drug-likeness (QED) is 0.626. The van der Waals surface area contributed by atoms with Crippen LogP contribution in [0.15, 0.2) is 60.7 Å². The number of likely N-dealkylation sites (tertiary alicyclic amines) is 1. The van der Waals surface area contributed by atoms with Gasteiger partial charge in [0.15, 0.2) is 0 Å². The Balaban J connectivity index is 1.48. The van der Waals surface area contributed by atoms with Gasteiger partial charge in [0.2, 0.25) is 5.91 Å². The highest BCUT2D eigenvalue weighted by Crippen LogP contribution is 2.32. The monoisotopic (exact) mass is 442 g/mol. The molecule has 2 N–H and O–H groups in total. The first-order chi connectivity index (χ1) is 15.3. The number of benzene rings is 3. The number of rotatable bonds is 4. The number of hydrogen-bond donors (Lipinski definition) is 2. The van der Waals surface area contributed by atoms with E-state index in [0.717, 1.165) is 17.5 Å². The van der Waals surface area contributed by atoms with Gasteiger partial charge in [-0.1, -0.05) is 42.5 Å². The minimum Gasteiger partial charge on any atom is -0.506 e. The molecule has 1 fully saturated rings. The number of fused-ring (bicyclic) bond motifs is 1. The van der Waals surface area contributed by atoms with Gasteiger partial charge in [0.25, 0.3) is 5.91 Å². The molecule has 1 saturated heterocycles. The number of phenolic OH excluding ortho intramolecular Hbond substituents is 1. The second kappa shape index (κ2) is 8.53. The van der Waals surface area contributed by atoms with Gasteiger partial charge in [-0.15, -0.1) is 0 Å². The van der Waals surface area contributed by atoms with Crippen LogP contribution in [0.1, 0.15) is 34.3 Å². The van der Waals surface area contributed by atoms with Gasteiger partial charge in [-0.05, 0) is 42.0 Å². The molecule has 0 spiro atoms. The molecule has 0 aromatic heterocycles. The van der Waals surface area contributed by atoms with E-state index in [1.807, 2.05) is 12.1 Å². The van der Waals surface area contributed by atoms with Crippen molar-refractivity contribution in [1.82, 2.24) is 10.2 Å². The lowest BCUT2D eigenvalue weighted by atomic mass is 10.0. The van der Waals surface area contributed by atoms with Crippen LogP contribution in [-0.2, 0) is 17.5 Å². The summed E-state index contributed by atoms with van der Waals surface area (Å²) >= 11 is 0. The summed E-state index contributed by atoms with van der Waals surface area (Å²) in [5.41, 5.74) is -0.355. The van der Waals surface area contributed by atoms with Crippen molar-refractivity contribution < 1.29 is 27.9 Å². The normalized spacial score (nSPS) is 16.3. The molecule has 0 radical (unpaired) electrons. The van der Waals surface area contributed by atoms with Crippen LogP contribution >= 0.6 is 0 Å². The van der Waals surface area contributed by atoms with Crippen molar-refractivity contribution in [1.29, 1.82) is 0 Å². The van der Waals surface area contributed by atoms with Crippen molar-refractivity contribution in [2.75, 3.05) is 6.54 Å². The molecule has 1 aliphatic heterocycles. The van der Waals surface area contributed by atoms with Crippen LogP contribution in [0.2, 0.25) is 0 Å². The Labute approximate surface area is 182 Å². The lowest BCUT2D eigenvalue weighted by molar-refractivity contribution is -0.137. The molecule has 8 heteroatoms. The van der Waals surface area contributed by atoms with Crippen molar-refractivity contribution in [3.63, 3.8) is 0 Å². The van der Waals surface area contributed by atoms with Gasteiger partial charge in [0, 0.05) is 18.5 Å². The molecule has 0 bridgehead atoms. The highest BCUT2D eigenvalue weighted by molar-refractivity contribution is 6.05. The van der Waals surface area contributed by atoms with E-state index in [1.54, 1.807) is 18.2 Å². The molecule has 1 heterocycles. The largest absolute Gasteiger partial charge is 0.506 e. The zero-order chi connectivity index (χ0) is 22.9. The Hall–Kier alpha value is -3.55. The van der Waals surface area contributed by atoms with Crippen LogP contribution in [0.5, 0.6) is 5.75 Å². The minimum atomic E-state index is -4.46. The Morgan fingerprint density at radius 1 is 1.06 bits per heavy atom. The summed E-state index contributed by atoms with van der Waals surface area (Å²) in [6.45, 7) is 0.273. The Morgan fingerprint density at radius 2 is 1.84 bits per heavy atom. The lowest BCUT2D eigenvalue weighted by Gasteiger charge is -2.24. The molecule has 4 rings (SSSR count). The van der Waals surface area contributed by atoms with Gasteiger partial charge in [0.05, 0.1) is 11.1 Å². The average molecular weight is 442 g/mol. The zero-order valence-electron chi connectivity index (χ0n) is 17.0. The van der Waals surface area contributed by atoms with E-state index in [0.29, 0.717) is 30.3 Å². The SMILES string of the molecule is O=C(NCc1cccc(C(F)(F)F)c1)C1CCCN1C(=O)c1ccc2ccccc2c1O. The van der Waals surface area contributed by atoms with Crippen molar-refractivity contribution in [3.05, 3.63) is 77.4 Å². The molecule has 166 valence electrons. The van der Waals surface area contributed by atoms with Crippen molar-refractivity contribution in [2.45, 2.75) is 31.6 Å². The second-order valence-electron chi connectivity index (χ2n) is 7.76. The third-order valence-corrected chi connectivity index (χ3v) is 5.67. The first-order valence-electron chi connectivity index (χ1n) is 10.2. The molecule has 2 amide bonds. The van der Waals surface area contributed by atoms with Gasteiger partial charge >= 0.3 is 6.18 Å². The number of carbonyl (C=O) groups excluding carboxylic acids is 2. The minimum absolute atomic E-state index is 0.0808. The number of nitrogens with zero attached hydrogens (tertiary/aromatic N) is 1. The van der Waals surface area contributed by atoms with E-state index < -0.39 is 29.6 Å². The topological polar surface area (TPSA) is 69.6 Å². The van der Waals surface area contributed by atoms with Crippen LogP contribution in [0, 0.1) is 0 Å². The maximum Gasteiger partial charge on any atom is 0.416 e. The highest BCUT2D eigenvalue weighted by Gasteiger charge is 2.35. The standard InChI is InChI=1S/C24H21F3N2O3/c25-24(26,27)17-7-3-5-15(13-17)14-28-22(31)20-9-4-12-29(20)23(32)19-11-10-16-6-1-2-8-18(16)21(19)30/h1-3,5-8,10-11,13,20,30H,4,9,12,14H2,(H,28,31). The summed E-state index contributed by atoms with van der Waals surface area (Å²) in [4.78, 5) is 27.3. The Morgan fingerprint density at radius 3 is 2.62 bits per heavy atom. The number of hydrogen-bond acceptors (Lipinski definition) is 3. The summed E-state index contributed by atoms with van der Waals surface area (Å²) in [5, 5.41) is 14.6. The highest BCUT2D eigenvalue weighted by atomic mass is 19.4. The lowest BCUT2D eigenvalue weighted by Crippen LogP contribution is -2.45. The first kappa shape index (κ1) is 21.7. The predicted octanol–water partition coefficient (Wildman–Crippen LogP) is 4.49. The molecule has 3 aromatic carbocycles. The zero-order valence-corrected chi connectivity index (χ0v) is 17.0. The fourth-order valence-electron chi connectivity index (χ4n) is 4.03. The summed E-state index contributed by atoms with van der Waals surface area (Å²) in [5.74, 6) is -1.03. The number of phenols is 1. The van der Waals surface area contributed by atoms with Crippen molar-refractivity contribution in [3.8, 4) is 5.75 Å². The van der Waals surface area contributed by atoms with Gasteiger partial charge in [-0.3, -0.25) is 9.59 Å². The summed E-state index contributed by atoms with van der Waals surface area (Å²) in [7, 11) is 0. The molecule has 1 unspecified atom stereocenters. The summed E-state index contributed by atoms with van der Waals surface area (Å²) in [6.07, 6.45) is -3.41. The molecule has 1 atom stereocenters. The van der Waals surface area contributed by atoms with E-state index in [9.17, 15) is 27.9 Å². The van der Waals surface area contributed by atoms with E-state index in [1.165, 1.54) is 23.1 Å². The van der Waals surface area contributed by atoms with E-state index in [-0.39, 0.29) is 17.9 Å². The molecule has 5 nitrogen and oxygen atoms in total. The molecule has 1 aliphatic rings.